The summed E-state index contributed by atoms with van der Waals surface area (Å²) in [7, 11) is 2.53. The van der Waals surface area contributed by atoms with Crippen LogP contribution in [0.15, 0.2) is 0 Å². The lowest BCUT2D eigenvalue weighted by molar-refractivity contribution is -0.148. The fourth-order valence-electron chi connectivity index (χ4n) is 1.22. The minimum absolute atomic E-state index is 0.0715. The molecule has 0 aliphatic rings. The Bertz CT molecular complexity index is 232. The molecule has 0 aromatic heterocycles. The molecule has 0 radical (unpaired) electrons. The first-order valence-corrected chi connectivity index (χ1v) is 4.64. The monoisotopic (exact) mass is 218 g/mol. The fourth-order valence-corrected chi connectivity index (χ4v) is 1.22. The maximum atomic E-state index is 11.4. The van der Waals surface area contributed by atoms with Crippen LogP contribution in [0.4, 0.5) is 0 Å². The number of rotatable bonds is 6. The lowest BCUT2D eigenvalue weighted by Crippen LogP contribution is -2.50. The van der Waals surface area contributed by atoms with Crippen molar-refractivity contribution in [1.29, 1.82) is 0 Å². The average molecular weight is 218 g/mol. The Morgan fingerprint density at radius 2 is 1.80 bits per heavy atom. The van der Waals surface area contributed by atoms with Crippen molar-refractivity contribution in [3.05, 3.63) is 0 Å². The second-order valence-corrected chi connectivity index (χ2v) is 3.26. The van der Waals surface area contributed by atoms with Gasteiger partial charge in [-0.15, -0.1) is 0 Å². The van der Waals surface area contributed by atoms with E-state index in [2.05, 4.69) is 9.47 Å². The zero-order valence-corrected chi connectivity index (χ0v) is 9.12. The third kappa shape index (κ3) is 4.26. The maximum Gasteiger partial charge on any atom is 0.325 e. The number of hydrogen-bond acceptors (Lipinski definition) is 6. The van der Waals surface area contributed by atoms with Gasteiger partial charge in [0.1, 0.15) is 5.54 Å². The molecule has 0 spiro atoms. The van der Waals surface area contributed by atoms with E-state index in [-0.39, 0.29) is 25.8 Å². The van der Waals surface area contributed by atoms with E-state index in [9.17, 15) is 9.59 Å². The summed E-state index contributed by atoms with van der Waals surface area (Å²) in [4.78, 5) is 22.3. The van der Waals surface area contributed by atoms with Crippen molar-refractivity contribution in [2.24, 2.45) is 11.5 Å². The predicted molar refractivity (Wildman–Crippen MR) is 53.9 cm³/mol. The molecule has 0 heterocycles. The van der Waals surface area contributed by atoms with Gasteiger partial charge in [0.25, 0.3) is 0 Å². The van der Waals surface area contributed by atoms with Crippen LogP contribution in [0.25, 0.3) is 0 Å². The number of ether oxygens (including phenoxy) is 2. The van der Waals surface area contributed by atoms with E-state index in [0.29, 0.717) is 0 Å². The van der Waals surface area contributed by atoms with Crippen LogP contribution in [0, 0.1) is 0 Å². The van der Waals surface area contributed by atoms with Gasteiger partial charge in [0.15, 0.2) is 0 Å². The largest absolute Gasteiger partial charge is 0.469 e. The van der Waals surface area contributed by atoms with Gasteiger partial charge in [0.05, 0.1) is 14.2 Å². The maximum absolute atomic E-state index is 11.4. The molecule has 0 aromatic carbocycles. The molecule has 0 aromatic rings. The Kier molecular flexibility index (Phi) is 5.88. The molecule has 1 atom stereocenters. The predicted octanol–water partition coefficient (Wildman–Crippen LogP) is -0.841. The van der Waals surface area contributed by atoms with E-state index in [1.54, 1.807) is 0 Å². The average Bonchev–Trinajstić information content (AvgIpc) is 2.25. The Morgan fingerprint density at radius 3 is 2.20 bits per heavy atom. The summed E-state index contributed by atoms with van der Waals surface area (Å²) in [6.07, 6.45) is 0.516. The third-order valence-electron chi connectivity index (χ3n) is 2.19. The van der Waals surface area contributed by atoms with Crippen LogP contribution in [-0.2, 0) is 19.1 Å². The van der Waals surface area contributed by atoms with Crippen molar-refractivity contribution in [3.8, 4) is 0 Å². The van der Waals surface area contributed by atoms with Crippen LogP contribution in [-0.4, -0.2) is 38.2 Å². The molecule has 88 valence electrons. The standard InChI is InChI=1S/C9H18N2O4/c1-14-7(12)3-4-9(11,5-6-10)8(13)15-2/h3-6,10-11H2,1-2H3. The van der Waals surface area contributed by atoms with Crippen LogP contribution < -0.4 is 11.5 Å². The van der Waals surface area contributed by atoms with E-state index in [1.165, 1.54) is 14.2 Å². The van der Waals surface area contributed by atoms with Gasteiger partial charge in [-0.25, -0.2) is 0 Å². The highest BCUT2D eigenvalue weighted by Gasteiger charge is 2.34. The first kappa shape index (κ1) is 13.9. The molecule has 0 saturated heterocycles. The zero-order valence-electron chi connectivity index (χ0n) is 9.12. The van der Waals surface area contributed by atoms with E-state index in [4.69, 9.17) is 11.5 Å². The van der Waals surface area contributed by atoms with Crippen LogP contribution in [0.1, 0.15) is 19.3 Å². The fraction of sp³-hybridized carbons (Fsp3) is 0.778. The summed E-state index contributed by atoms with van der Waals surface area (Å²) >= 11 is 0. The van der Waals surface area contributed by atoms with Crippen molar-refractivity contribution in [3.63, 3.8) is 0 Å². The second-order valence-electron chi connectivity index (χ2n) is 3.26. The first-order chi connectivity index (χ1) is 7.00. The van der Waals surface area contributed by atoms with Crippen molar-refractivity contribution >= 4 is 11.9 Å². The molecule has 0 aliphatic carbocycles. The van der Waals surface area contributed by atoms with Crippen molar-refractivity contribution in [2.45, 2.75) is 24.8 Å². The lowest BCUT2D eigenvalue weighted by Gasteiger charge is -2.25. The number of nitrogens with two attached hydrogens (primary N) is 2. The summed E-state index contributed by atoms with van der Waals surface area (Å²) in [6.45, 7) is 0.257. The first-order valence-electron chi connectivity index (χ1n) is 4.64. The van der Waals surface area contributed by atoms with Crippen LogP contribution in [0.2, 0.25) is 0 Å². The Hall–Kier alpha value is -1.14. The van der Waals surface area contributed by atoms with Gasteiger partial charge in [-0.1, -0.05) is 0 Å². The number of methoxy groups -OCH3 is 2. The normalized spacial score (nSPS) is 14.1. The van der Waals surface area contributed by atoms with Gasteiger partial charge in [-0.3, -0.25) is 9.59 Å². The SMILES string of the molecule is COC(=O)CCC(N)(CCN)C(=O)OC. The molecular formula is C9H18N2O4. The molecule has 6 nitrogen and oxygen atoms in total. The Balaban J connectivity index is 4.37. The zero-order chi connectivity index (χ0) is 11.9. The summed E-state index contributed by atoms with van der Waals surface area (Å²) in [5.74, 6) is -0.970. The number of esters is 2. The van der Waals surface area contributed by atoms with Gasteiger partial charge in [-0.05, 0) is 19.4 Å². The molecule has 4 N–H and O–H groups in total. The number of hydrogen-bond donors (Lipinski definition) is 2. The highest BCUT2D eigenvalue weighted by atomic mass is 16.5. The van der Waals surface area contributed by atoms with Gasteiger partial charge >= 0.3 is 11.9 Å². The molecule has 0 bridgehead atoms. The van der Waals surface area contributed by atoms with Gasteiger partial charge < -0.3 is 20.9 Å². The minimum atomic E-state index is -1.20. The topological polar surface area (TPSA) is 105 Å². The smallest absolute Gasteiger partial charge is 0.325 e. The van der Waals surface area contributed by atoms with E-state index >= 15 is 0 Å². The molecule has 0 aliphatic heterocycles. The number of carbonyl (C=O) groups is 2. The highest BCUT2D eigenvalue weighted by Crippen LogP contribution is 2.16. The summed E-state index contributed by atoms with van der Waals surface area (Å²) in [6, 6.07) is 0. The highest BCUT2D eigenvalue weighted by molar-refractivity contribution is 5.81. The molecular weight excluding hydrogens is 200 g/mol. The van der Waals surface area contributed by atoms with E-state index in [1.807, 2.05) is 0 Å². The van der Waals surface area contributed by atoms with E-state index in [0.717, 1.165) is 0 Å². The lowest BCUT2D eigenvalue weighted by atomic mass is 9.91. The summed E-state index contributed by atoms with van der Waals surface area (Å²) < 4.78 is 9.02. The van der Waals surface area contributed by atoms with Crippen LogP contribution >= 0.6 is 0 Å². The molecule has 0 rings (SSSR count). The molecule has 1 unspecified atom stereocenters. The number of carbonyl (C=O) groups excluding carboxylic acids is 2. The Labute approximate surface area is 88.9 Å². The molecule has 6 heteroatoms. The summed E-state index contributed by atoms with van der Waals surface area (Å²) in [5, 5.41) is 0. The molecule has 0 amide bonds. The Morgan fingerprint density at radius 1 is 1.20 bits per heavy atom. The second kappa shape index (κ2) is 6.36. The van der Waals surface area contributed by atoms with Gasteiger partial charge in [0.2, 0.25) is 0 Å². The van der Waals surface area contributed by atoms with Crippen molar-refractivity contribution in [2.75, 3.05) is 20.8 Å². The molecule has 0 fully saturated rings. The van der Waals surface area contributed by atoms with Gasteiger partial charge in [0, 0.05) is 6.42 Å². The molecule has 0 saturated carbocycles. The summed E-state index contributed by atoms with van der Waals surface area (Å²) in [5.41, 5.74) is 9.95. The van der Waals surface area contributed by atoms with Crippen LogP contribution in [0.3, 0.4) is 0 Å². The van der Waals surface area contributed by atoms with Crippen LogP contribution in [0.5, 0.6) is 0 Å². The quantitative estimate of drug-likeness (QED) is 0.563. The van der Waals surface area contributed by atoms with Crippen molar-refractivity contribution < 1.29 is 19.1 Å². The van der Waals surface area contributed by atoms with Crippen molar-refractivity contribution in [1.82, 2.24) is 0 Å². The third-order valence-corrected chi connectivity index (χ3v) is 2.19. The van der Waals surface area contributed by atoms with E-state index < -0.39 is 17.5 Å². The minimum Gasteiger partial charge on any atom is -0.469 e. The molecule has 15 heavy (non-hydrogen) atoms. The van der Waals surface area contributed by atoms with Gasteiger partial charge in [-0.2, -0.15) is 0 Å².